The van der Waals surface area contributed by atoms with Gasteiger partial charge >= 0.3 is 6.01 Å². The van der Waals surface area contributed by atoms with Crippen molar-refractivity contribution in [1.29, 1.82) is 0 Å². The van der Waals surface area contributed by atoms with Crippen molar-refractivity contribution in [3.05, 3.63) is 76.9 Å². The minimum Gasteiger partial charge on any atom is -0.463 e. The van der Waals surface area contributed by atoms with Gasteiger partial charge in [0, 0.05) is 60.3 Å². The van der Waals surface area contributed by atoms with E-state index in [4.69, 9.17) is 9.47 Å². The second kappa shape index (κ2) is 10.7. The molecule has 0 bridgehead atoms. The largest absolute Gasteiger partial charge is 0.463 e. The molecule has 0 spiro atoms. The summed E-state index contributed by atoms with van der Waals surface area (Å²) in [5, 5.41) is 1.25. The summed E-state index contributed by atoms with van der Waals surface area (Å²) in [4.78, 5) is 23.9. The Morgan fingerprint density at radius 1 is 1.11 bits per heavy atom. The van der Waals surface area contributed by atoms with Gasteiger partial charge in [-0.25, -0.2) is 0 Å². The molecule has 3 aromatic heterocycles. The van der Waals surface area contributed by atoms with Crippen LogP contribution in [0, 0.1) is 13.8 Å². The van der Waals surface area contributed by atoms with Crippen LogP contribution in [0.5, 0.6) is 6.01 Å². The van der Waals surface area contributed by atoms with Crippen molar-refractivity contribution in [3.63, 3.8) is 0 Å². The van der Waals surface area contributed by atoms with Crippen LogP contribution in [-0.4, -0.2) is 59.1 Å². The van der Waals surface area contributed by atoms with Gasteiger partial charge in [0.1, 0.15) is 5.82 Å². The molecule has 8 heteroatoms. The lowest BCUT2D eigenvalue weighted by atomic mass is 10.1. The van der Waals surface area contributed by atoms with Crippen LogP contribution in [0.3, 0.4) is 0 Å². The highest BCUT2D eigenvalue weighted by Gasteiger charge is 2.15. The van der Waals surface area contributed by atoms with Crippen molar-refractivity contribution in [3.8, 4) is 6.01 Å². The highest BCUT2D eigenvalue weighted by atomic mass is 16.5. The second-order valence-corrected chi connectivity index (χ2v) is 8.68. The summed E-state index contributed by atoms with van der Waals surface area (Å²) in [6.45, 7) is 8.22. The van der Waals surface area contributed by atoms with Gasteiger partial charge in [-0.2, -0.15) is 9.97 Å². The first-order valence-corrected chi connectivity index (χ1v) is 12.0. The molecule has 4 aromatic rings. The molecule has 0 radical (unpaired) electrons. The van der Waals surface area contributed by atoms with E-state index in [2.05, 4.69) is 61.9 Å². The van der Waals surface area contributed by atoms with E-state index < -0.39 is 0 Å². The van der Waals surface area contributed by atoms with Gasteiger partial charge in [-0.05, 0) is 49.2 Å². The topological polar surface area (TPSA) is 88.5 Å². The van der Waals surface area contributed by atoms with Crippen LogP contribution in [0.4, 0.5) is 5.82 Å². The number of fused-ring (bicyclic) bond motifs is 1. The number of aryl methyl sites for hydroxylation is 2. The fourth-order valence-corrected chi connectivity index (χ4v) is 4.16. The lowest BCUT2D eigenvalue weighted by Gasteiger charge is -2.28. The maximum Gasteiger partial charge on any atom is 0.318 e. The van der Waals surface area contributed by atoms with Gasteiger partial charge < -0.3 is 19.4 Å². The molecule has 5 rings (SSSR count). The number of hydrogen-bond donors (Lipinski definition) is 1. The number of rotatable bonds is 8. The molecular formula is C27H30N6O2. The molecule has 1 fully saturated rings. The first kappa shape index (κ1) is 23.0. The minimum absolute atomic E-state index is 0.353. The molecule has 0 atom stereocenters. The van der Waals surface area contributed by atoms with Crippen molar-refractivity contribution >= 4 is 22.9 Å². The fraction of sp³-hybridized carbons (Fsp3) is 0.333. The van der Waals surface area contributed by atoms with Crippen molar-refractivity contribution < 1.29 is 9.47 Å². The Hall–Kier alpha value is -3.78. The summed E-state index contributed by atoms with van der Waals surface area (Å²) >= 11 is 0. The smallest absolute Gasteiger partial charge is 0.318 e. The van der Waals surface area contributed by atoms with E-state index in [0.717, 1.165) is 41.4 Å². The molecule has 35 heavy (non-hydrogen) atoms. The van der Waals surface area contributed by atoms with Crippen molar-refractivity contribution in [1.82, 2.24) is 19.9 Å². The number of nitrogens with zero attached hydrogens (tertiary/aromatic N) is 5. The van der Waals surface area contributed by atoms with Crippen LogP contribution in [0.2, 0.25) is 0 Å². The van der Waals surface area contributed by atoms with Gasteiger partial charge in [-0.3, -0.25) is 9.98 Å². The minimum atomic E-state index is 0.353. The lowest BCUT2D eigenvalue weighted by molar-refractivity contribution is 0.122. The molecule has 0 saturated carbocycles. The molecule has 1 N–H and O–H groups in total. The van der Waals surface area contributed by atoms with Gasteiger partial charge in [0.2, 0.25) is 0 Å². The van der Waals surface area contributed by atoms with E-state index in [-0.39, 0.29) is 0 Å². The molecule has 1 aromatic carbocycles. The molecule has 1 aliphatic rings. The number of aromatic amines is 1. The monoisotopic (exact) mass is 470 g/mol. The molecule has 0 amide bonds. The second-order valence-electron chi connectivity index (χ2n) is 8.68. The Bertz CT molecular complexity index is 1310. The number of anilines is 1. The highest BCUT2D eigenvalue weighted by molar-refractivity contribution is 5.85. The lowest BCUT2D eigenvalue weighted by Crippen LogP contribution is -2.37. The Labute approximate surface area is 205 Å². The average Bonchev–Trinajstić information content (AvgIpc) is 3.18. The van der Waals surface area contributed by atoms with Crippen molar-refractivity contribution in [2.75, 3.05) is 37.8 Å². The number of aromatic nitrogens is 4. The van der Waals surface area contributed by atoms with Crippen LogP contribution in [0.15, 0.2) is 53.7 Å². The zero-order valence-corrected chi connectivity index (χ0v) is 20.2. The molecule has 4 heterocycles. The third-order valence-electron chi connectivity index (χ3n) is 6.23. The predicted octanol–water partition coefficient (Wildman–Crippen LogP) is 4.05. The molecule has 1 aliphatic heterocycles. The van der Waals surface area contributed by atoms with E-state index in [0.29, 0.717) is 38.8 Å². The predicted molar refractivity (Wildman–Crippen MR) is 138 cm³/mol. The summed E-state index contributed by atoms with van der Waals surface area (Å²) in [7, 11) is 0. The summed E-state index contributed by atoms with van der Waals surface area (Å²) < 4.78 is 11.4. The molecule has 1 saturated heterocycles. The number of benzene rings is 1. The van der Waals surface area contributed by atoms with Gasteiger partial charge in [0.25, 0.3) is 0 Å². The SMILES string of the molecule is Cc1[nH]c2ccc(CN=Cc3cc(N4CCOCC4)nc(OCCc4ccccn4)n3)cc2c1C. The van der Waals surface area contributed by atoms with Crippen molar-refractivity contribution in [2.45, 2.75) is 26.8 Å². The number of ether oxygens (including phenoxy) is 2. The van der Waals surface area contributed by atoms with Gasteiger partial charge in [0.15, 0.2) is 0 Å². The maximum atomic E-state index is 5.93. The van der Waals surface area contributed by atoms with Crippen LogP contribution in [0.1, 0.15) is 28.2 Å². The van der Waals surface area contributed by atoms with E-state index in [1.165, 1.54) is 16.6 Å². The van der Waals surface area contributed by atoms with E-state index in [9.17, 15) is 0 Å². The van der Waals surface area contributed by atoms with Crippen LogP contribution in [0.25, 0.3) is 10.9 Å². The fourth-order valence-electron chi connectivity index (χ4n) is 4.16. The van der Waals surface area contributed by atoms with E-state index in [1.807, 2.05) is 24.3 Å². The standard InChI is InChI=1S/C27H30N6O2/c1-19-20(2)30-25-7-6-21(15-24(19)25)17-28-18-23-16-26(33-10-13-34-14-11-33)32-27(31-23)35-12-8-22-5-3-4-9-29-22/h3-7,9,15-16,18,30H,8,10-14,17H2,1-2H3. The number of pyridine rings is 1. The van der Waals surface area contributed by atoms with Gasteiger partial charge in [-0.1, -0.05) is 12.1 Å². The van der Waals surface area contributed by atoms with Crippen LogP contribution in [-0.2, 0) is 17.7 Å². The number of aliphatic imine (C=N–C) groups is 1. The van der Waals surface area contributed by atoms with Crippen molar-refractivity contribution in [2.24, 2.45) is 4.99 Å². The summed E-state index contributed by atoms with van der Waals surface area (Å²) in [6.07, 6.45) is 4.28. The Kier molecular flexibility index (Phi) is 6.99. The Balaban J connectivity index is 1.32. The number of hydrogen-bond acceptors (Lipinski definition) is 7. The zero-order chi connectivity index (χ0) is 24.0. The average molecular weight is 471 g/mol. The highest BCUT2D eigenvalue weighted by Crippen LogP contribution is 2.23. The summed E-state index contributed by atoms with van der Waals surface area (Å²) in [5.74, 6) is 0.831. The Morgan fingerprint density at radius 3 is 2.83 bits per heavy atom. The van der Waals surface area contributed by atoms with Crippen LogP contribution >= 0.6 is 0 Å². The van der Waals surface area contributed by atoms with Crippen LogP contribution < -0.4 is 9.64 Å². The Morgan fingerprint density at radius 2 is 2.00 bits per heavy atom. The normalized spacial score (nSPS) is 14.2. The van der Waals surface area contributed by atoms with E-state index >= 15 is 0 Å². The quantitative estimate of drug-likeness (QED) is 0.391. The van der Waals surface area contributed by atoms with Gasteiger partial charge in [0.05, 0.1) is 32.1 Å². The number of nitrogens with one attached hydrogen (secondary N) is 1. The molecule has 8 nitrogen and oxygen atoms in total. The summed E-state index contributed by atoms with van der Waals surface area (Å²) in [5.41, 5.74) is 6.50. The number of H-pyrrole nitrogens is 1. The number of morpholine rings is 1. The third-order valence-corrected chi connectivity index (χ3v) is 6.23. The first-order chi connectivity index (χ1) is 17.2. The molecule has 0 unspecified atom stereocenters. The maximum absolute atomic E-state index is 5.93. The third kappa shape index (κ3) is 5.66. The van der Waals surface area contributed by atoms with Gasteiger partial charge in [-0.15, -0.1) is 0 Å². The molecule has 0 aliphatic carbocycles. The first-order valence-electron chi connectivity index (χ1n) is 12.0. The van der Waals surface area contributed by atoms with E-state index in [1.54, 1.807) is 12.4 Å². The zero-order valence-electron chi connectivity index (χ0n) is 20.2. The molecular weight excluding hydrogens is 440 g/mol. The summed E-state index contributed by atoms with van der Waals surface area (Å²) in [6, 6.07) is 14.6. The molecule has 180 valence electrons.